The smallest absolute Gasteiger partial charge is 0.224 e. The summed E-state index contributed by atoms with van der Waals surface area (Å²) in [6, 6.07) is 4.08. The van der Waals surface area contributed by atoms with E-state index in [0.717, 1.165) is 0 Å². The molecule has 0 atom stereocenters. The fourth-order valence-electron chi connectivity index (χ4n) is 4.04. The van der Waals surface area contributed by atoms with Gasteiger partial charge < -0.3 is 20.6 Å². The third-order valence-electron chi connectivity index (χ3n) is 5.73. The molecule has 2 aliphatic rings. The topological polar surface area (TPSA) is 64.6 Å². The zero-order chi connectivity index (χ0) is 21.5. The molecule has 0 aromatic heterocycles. The summed E-state index contributed by atoms with van der Waals surface area (Å²) < 4.78 is 55.2. The first kappa shape index (κ1) is 20.5. The highest BCUT2D eigenvalue weighted by Gasteiger charge is 2.34. The van der Waals surface area contributed by atoms with Gasteiger partial charge in [-0.15, -0.1) is 0 Å². The van der Waals surface area contributed by atoms with E-state index in [1.165, 1.54) is 11.0 Å². The maximum atomic E-state index is 14.0. The minimum absolute atomic E-state index is 0.153. The van der Waals surface area contributed by atoms with Crippen LogP contribution in [0.5, 0.6) is 0 Å². The molecule has 1 amide bonds. The van der Waals surface area contributed by atoms with Crippen LogP contribution in [0.25, 0.3) is 0 Å². The summed E-state index contributed by atoms with van der Waals surface area (Å²) in [4.78, 5) is 13.0. The van der Waals surface area contributed by atoms with E-state index >= 15 is 0 Å². The number of carbonyl (C=O) groups excluding carboxylic acids is 1. The van der Waals surface area contributed by atoms with Crippen molar-refractivity contribution in [2.24, 2.45) is 0 Å². The van der Waals surface area contributed by atoms with E-state index in [4.69, 9.17) is 0 Å². The molecule has 2 aliphatic heterocycles. The van der Waals surface area contributed by atoms with Crippen LogP contribution in [0, 0.1) is 23.3 Å². The van der Waals surface area contributed by atoms with Gasteiger partial charge in [0.05, 0.1) is 11.3 Å². The quantitative estimate of drug-likeness (QED) is 0.658. The van der Waals surface area contributed by atoms with Crippen LogP contribution in [-0.4, -0.2) is 36.2 Å². The summed E-state index contributed by atoms with van der Waals surface area (Å²) >= 11 is 0. The third kappa shape index (κ3) is 3.94. The summed E-state index contributed by atoms with van der Waals surface area (Å²) in [5, 5.41) is 16.6. The van der Waals surface area contributed by atoms with Crippen molar-refractivity contribution in [2.45, 2.75) is 31.3 Å². The number of rotatable bonds is 4. The van der Waals surface area contributed by atoms with Gasteiger partial charge >= 0.3 is 0 Å². The number of hydrogen-bond donors (Lipinski definition) is 3. The van der Waals surface area contributed by atoms with Crippen molar-refractivity contribution in [2.75, 3.05) is 35.2 Å². The number of halogens is 4. The third-order valence-corrected chi connectivity index (χ3v) is 5.73. The first-order valence-electron chi connectivity index (χ1n) is 9.73. The Balaban J connectivity index is 1.43. The molecule has 4 rings (SSSR count). The van der Waals surface area contributed by atoms with Crippen molar-refractivity contribution in [1.82, 2.24) is 0 Å². The highest BCUT2D eigenvalue weighted by molar-refractivity contribution is 5.95. The number of hydrogen-bond acceptors (Lipinski definition) is 4. The van der Waals surface area contributed by atoms with Gasteiger partial charge in [-0.05, 0) is 31.4 Å². The average Bonchev–Trinajstić information content (AvgIpc) is 2.69. The number of fused-ring (bicyclic) bond motifs is 1. The number of carbonyl (C=O) groups is 1. The normalized spacial score (nSPS) is 18.0. The number of nitrogens with zero attached hydrogens (tertiary/aromatic N) is 1. The van der Waals surface area contributed by atoms with Gasteiger partial charge in [-0.25, -0.2) is 17.6 Å². The molecule has 0 unspecified atom stereocenters. The first-order chi connectivity index (χ1) is 14.3. The lowest BCUT2D eigenvalue weighted by Gasteiger charge is -2.39. The summed E-state index contributed by atoms with van der Waals surface area (Å²) in [7, 11) is 0. The van der Waals surface area contributed by atoms with Gasteiger partial charge in [-0.1, -0.05) is 0 Å². The molecule has 0 bridgehead atoms. The Kier molecular flexibility index (Phi) is 5.31. The molecule has 1 saturated heterocycles. The molecule has 2 aromatic carbocycles. The van der Waals surface area contributed by atoms with Gasteiger partial charge in [-0.2, -0.15) is 0 Å². The fraction of sp³-hybridized carbons (Fsp3) is 0.381. The Morgan fingerprint density at radius 2 is 1.70 bits per heavy atom. The Hall–Kier alpha value is -2.81. The van der Waals surface area contributed by atoms with E-state index in [9.17, 15) is 27.5 Å². The van der Waals surface area contributed by atoms with Crippen LogP contribution < -0.4 is 15.5 Å². The van der Waals surface area contributed by atoms with Crippen LogP contribution in [0.4, 0.5) is 34.6 Å². The molecule has 0 radical (unpaired) electrons. The predicted octanol–water partition coefficient (Wildman–Crippen LogP) is 3.57. The molecule has 0 saturated carbocycles. The minimum Gasteiger partial charge on any atom is -0.388 e. The second-order valence-electron chi connectivity index (χ2n) is 7.78. The van der Waals surface area contributed by atoms with Crippen LogP contribution in [0.15, 0.2) is 24.3 Å². The lowest BCUT2D eigenvalue weighted by molar-refractivity contribution is -0.116. The molecule has 0 aliphatic carbocycles. The molecule has 5 nitrogen and oxygen atoms in total. The van der Waals surface area contributed by atoms with Crippen molar-refractivity contribution in [3.05, 3.63) is 53.1 Å². The zero-order valence-electron chi connectivity index (χ0n) is 16.1. The fourth-order valence-corrected chi connectivity index (χ4v) is 4.04. The zero-order valence-corrected chi connectivity index (χ0v) is 16.1. The van der Waals surface area contributed by atoms with Gasteiger partial charge in [0, 0.05) is 49.4 Å². The molecule has 0 spiro atoms. The van der Waals surface area contributed by atoms with Gasteiger partial charge in [0.15, 0.2) is 11.6 Å². The standard InChI is InChI=1S/C21H21F4N3O2/c22-12-9-15(24)20(16(25)10-12)28-7-5-21(30,6-8-28)11-26-17-3-2-14(23)19-13(17)1-4-18(29)27-19/h2-3,9-10,26,30H,1,4-8,11H2,(H,27,29). The van der Waals surface area contributed by atoms with E-state index in [2.05, 4.69) is 10.6 Å². The number of nitrogens with one attached hydrogen (secondary N) is 2. The van der Waals surface area contributed by atoms with E-state index in [0.29, 0.717) is 29.8 Å². The molecular formula is C21H21F4N3O2. The molecule has 3 N–H and O–H groups in total. The van der Waals surface area contributed by atoms with E-state index < -0.39 is 28.9 Å². The van der Waals surface area contributed by atoms with Crippen molar-refractivity contribution in [3.63, 3.8) is 0 Å². The number of piperidine rings is 1. The average molecular weight is 423 g/mol. The van der Waals surface area contributed by atoms with Crippen LogP contribution in [0.2, 0.25) is 0 Å². The SMILES string of the molecule is O=C1CCc2c(NCC3(O)CCN(c4c(F)cc(F)cc4F)CC3)ccc(F)c2N1. The van der Waals surface area contributed by atoms with Crippen LogP contribution in [0.3, 0.4) is 0 Å². The maximum absolute atomic E-state index is 14.0. The second kappa shape index (κ2) is 7.79. The monoisotopic (exact) mass is 423 g/mol. The Morgan fingerprint density at radius 3 is 2.37 bits per heavy atom. The van der Waals surface area contributed by atoms with Crippen molar-refractivity contribution in [3.8, 4) is 0 Å². The Labute approximate surface area is 170 Å². The van der Waals surface area contributed by atoms with Gasteiger partial charge in [-0.3, -0.25) is 4.79 Å². The van der Waals surface area contributed by atoms with Crippen LogP contribution in [-0.2, 0) is 11.2 Å². The molecular weight excluding hydrogens is 402 g/mol. The second-order valence-corrected chi connectivity index (χ2v) is 7.78. The number of aliphatic hydroxyl groups is 1. The lowest BCUT2D eigenvalue weighted by Crippen LogP contribution is -2.48. The number of anilines is 3. The highest BCUT2D eigenvalue weighted by Crippen LogP contribution is 2.34. The first-order valence-corrected chi connectivity index (χ1v) is 9.73. The summed E-state index contributed by atoms with van der Waals surface area (Å²) in [5.41, 5.74) is -0.0121. The summed E-state index contributed by atoms with van der Waals surface area (Å²) in [5.74, 6) is -3.69. The predicted molar refractivity (Wildman–Crippen MR) is 105 cm³/mol. The minimum atomic E-state index is -1.14. The molecule has 2 heterocycles. The van der Waals surface area contributed by atoms with Gasteiger partial charge in [0.1, 0.15) is 17.3 Å². The highest BCUT2D eigenvalue weighted by atomic mass is 19.1. The Morgan fingerprint density at radius 1 is 1.03 bits per heavy atom. The molecule has 9 heteroatoms. The van der Waals surface area contributed by atoms with E-state index in [-0.39, 0.29) is 56.2 Å². The van der Waals surface area contributed by atoms with Gasteiger partial charge in [0.2, 0.25) is 5.91 Å². The largest absolute Gasteiger partial charge is 0.388 e. The number of benzene rings is 2. The summed E-state index contributed by atoms with van der Waals surface area (Å²) in [6.45, 7) is 0.533. The molecule has 2 aromatic rings. The van der Waals surface area contributed by atoms with Crippen molar-refractivity contribution < 1.29 is 27.5 Å². The number of amides is 1. The van der Waals surface area contributed by atoms with E-state index in [1.54, 1.807) is 6.07 Å². The van der Waals surface area contributed by atoms with Crippen LogP contribution in [0.1, 0.15) is 24.8 Å². The lowest BCUT2D eigenvalue weighted by atomic mass is 9.90. The summed E-state index contributed by atoms with van der Waals surface area (Å²) in [6.07, 6.45) is 1.10. The van der Waals surface area contributed by atoms with Crippen molar-refractivity contribution >= 4 is 23.0 Å². The van der Waals surface area contributed by atoms with E-state index in [1.807, 2.05) is 0 Å². The van der Waals surface area contributed by atoms with Gasteiger partial charge in [0.25, 0.3) is 0 Å². The van der Waals surface area contributed by atoms with Crippen LogP contribution >= 0.6 is 0 Å². The molecule has 160 valence electrons. The molecule has 30 heavy (non-hydrogen) atoms. The maximum Gasteiger partial charge on any atom is 0.224 e. The molecule has 1 fully saturated rings. The Bertz CT molecular complexity index is 967. The van der Waals surface area contributed by atoms with Crippen molar-refractivity contribution in [1.29, 1.82) is 0 Å².